The molecule has 0 bridgehead atoms. The number of rotatable bonds is 5. The van der Waals surface area contributed by atoms with Crippen LogP contribution in [0.1, 0.15) is 18.4 Å². The molecule has 2 nitrogen and oxygen atoms in total. The minimum atomic E-state index is -0.181. The minimum absolute atomic E-state index is 0.181. The average molecular weight is 415 g/mol. The molecular weight excluding hydrogens is 392 g/mol. The first kappa shape index (κ1) is 18.8. The van der Waals surface area contributed by atoms with Crippen molar-refractivity contribution in [2.45, 2.75) is 19.3 Å². The van der Waals surface area contributed by atoms with Crippen LogP contribution >= 0.6 is 0 Å². The van der Waals surface area contributed by atoms with Gasteiger partial charge < -0.3 is 4.74 Å². The Hall–Kier alpha value is -3.91. The van der Waals surface area contributed by atoms with Crippen LogP contribution in [0.4, 0.5) is 0 Å². The van der Waals surface area contributed by atoms with Gasteiger partial charge in [0.1, 0.15) is 5.75 Å². The van der Waals surface area contributed by atoms with Gasteiger partial charge in [-0.15, -0.1) is 0 Å². The summed E-state index contributed by atoms with van der Waals surface area (Å²) in [5.41, 5.74) is 1.28. The third-order valence-electron chi connectivity index (χ3n) is 6.42. The molecule has 0 aliphatic heterocycles. The second kappa shape index (κ2) is 7.65. The monoisotopic (exact) mass is 414 g/mol. The lowest BCUT2D eigenvalue weighted by molar-refractivity contribution is -0.134. The van der Waals surface area contributed by atoms with Crippen molar-refractivity contribution in [2.75, 3.05) is 0 Å². The molecule has 0 amide bonds. The first-order chi connectivity index (χ1) is 15.8. The summed E-state index contributed by atoms with van der Waals surface area (Å²) >= 11 is 0. The lowest BCUT2D eigenvalue weighted by Crippen LogP contribution is -2.08. The fourth-order valence-electron chi connectivity index (χ4n) is 5.02. The van der Waals surface area contributed by atoms with Crippen LogP contribution in [0.5, 0.6) is 5.75 Å². The van der Waals surface area contributed by atoms with Crippen LogP contribution in [0.2, 0.25) is 0 Å². The second-order valence-corrected chi connectivity index (χ2v) is 8.35. The van der Waals surface area contributed by atoms with Gasteiger partial charge in [0.25, 0.3) is 0 Å². The van der Waals surface area contributed by atoms with Gasteiger partial charge in [-0.25, -0.2) is 0 Å². The van der Waals surface area contributed by atoms with E-state index in [-0.39, 0.29) is 5.97 Å². The molecule has 6 aromatic rings. The van der Waals surface area contributed by atoms with Gasteiger partial charge in [0.15, 0.2) is 0 Å². The number of fused-ring (bicyclic) bond motifs is 2. The Balaban J connectivity index is 1.36. The van der Waals surface area contributed by atoms with E-state index in [1.165, 1.54) is 48.7 Å². The maximum Gasteiger partial charge on any atom is 0.311 e. The fourth-order valence-corrected chi connectivity index (χ4v) is 5.02. The summed E-state index contributed by atoms with van der Waals surface area (Å²) in [6, 6.07) is 33.5. The van der Waals surface area contributed by atoms with E-state index in [1.54, 1.807) is 0 Å². The average Bonchev–Trinajstić information content (AvgIpc) is 2.83. The third-order valence-corrected chi connectivity index (χ3v) is 6.42. The molecule has 0 aliphatic rings. The maximum absolute atomic E-state index is 12.3. The summed E-state index contributed by atoms with van der Waals surface area (Å²) < 4.78 is 5.44. The van der Waals surface area contributed by atoms with Gasteiger partial charge in [0.2, 0.25) is 0 Å². The smallest absolute Gasteiger partial charge is 0.311 e. The topological polar surface area (TPSA) is 26.3 Å². The Kier molecular flexibility index (Phi) is 4.50. The van der Waals surface area contributed by atoms with Crippen LogP contribution in [0, 0.1) is 0 Å². The molecule has 2 heteroatoms. The molecule has 32 heavy (non-hydrogen) atoms. The highest BCUT2D eigenvalue weighted by Gasteiger charge is 2.14. The predicted octanol–water partition coefficient (Wildman–Crippen LogP) is 7.67. The lowest BCUT2D eigenvalue weighted by atomic mass is 9.87. The largest absolute Gasteiger partial charge is 0.427 e. The minimum Gasteiger partial charge on any atom is -0.427 e. The van der Waals surface area contributed by atoms with Gasteiger partial charge >= 0.3 is 5.97 Å². The highest BCUT2D eigenvalue weighted by atomic mass is 16.5. The zero-order valence-corrected chi connectivity index (χ0v) is 17.7. The zero-order valence-electron chi connectivity index (χ0n) is 17.7. The fraction of sp³-hybridized carbons (Fsp3) is 0.100. The molecule has 6 aromatic carbocycles. The summed E-state index contributed by atoms with van der Waals surface area (Å²) in [6.45, 7) is 0. The van der Waals surface area contributed by atoms with E-state index in [0.29, 0.717) is 12.2 Å². The van der Waals surface area contributed by atoms with Crippen LogP contribution < -0.4 is 4.74 Å². The van der Waals surface area contributed by atoms with Gasteiger partial charge in [-0.05, 0) is 73.6 Å². The number of carbonyl (C=O) groups excluding carboxylic acids is 1. The van der Waals surface area contributed by atoms with Crippen LogP contribution in [0.15, 0.2) is 97.1 Å². The number of aryl methyl sites for hydroxylation is 1. The first-order valence-corrected chi connectivity index (χ1v) is 11.1. The van der Waals surface area contributed by atoms with E-state index in [0.717, 1.165) is 12.8 Å². The number of benzene rings is 6. The van der Waals surface area contributed by atoms with Gasteiger partial charge in [0.05, 0.1) is 0 Å². The van der Waals surface area contributed by atoms with Crippen molar-refractivity contribution in [1.82, 2.24) is 0 Å². The standard InChI is InChI=1S/C30H22O2/c31-28(32-22-11-2-1-3-12-22)17-6-8-20-18-19-27-25-15-5-10-21-9-4-14-24(29(21)25)26-16-7-13-23(20)30(26)27/h1-5,7,9-16,18-19H,6,8,17H2. The van der Waals surface area contributed by atoms with Gasteiger partial charge in [-0.3, -0.25) is 4.79 Å². The first-order valence-electron chi connectivity index (χ1n) is 11.1. The lowest BCUT2D eigenvalue weighted by Gasteiger charge is -2.16. The van der Waals surface area contributed by atoms with Crippen molar-refractivity contribution in [1.29, 1.82) is 0 Å². The van der Waals surface area contributed by atoms with E-state index in [1.807, 2.05) is 30.3 Å². The molecule has 6 rings (SSSR count). The molecule has 0 spiro atoms. The van der Waals surface area contributed by atoms with E-state index < -0.39 is 0 Å². The zero-order chi connectivity index (χ0) is 21.5. The molecule has 0 aromatic heterocycles. The SMILES string of the molecule is O=C(CCCc1ccc2c3cccc4cccc(c5cccc1c52)c43)Oc1ccccc1. The quantitative estimate of drug-likeness (QED) is 0.125. The number of carbonyl (C=O) groups is 1. The molecule has 0 N–H and O–H groups in total. The molecular formula is C30H22O2. The number of hydrogen-bond donors (Lipinski definition) is 0. The number of ether oxygens (including phenoxy) is 1. The molecule has 0 fully saturated rings. The third kappa shape index (κ3) is 3.07. The van der Waals surface area contributed by atoms with Crippen molar-refractivity contribution >= 4 is 49.1 Å². The van der Waals surface area contributed by atoms with Crippen molar-refractivity contribution < 1.29 is 9.53 Å². The van der Waals surface area contributed by atoms with Crippen LogP contribution in [0.25, 0.3) is 43.1 Å². The molecule has 154 valence electrons. The molecule has 0 saturated heterocycles. The van der Waals surface area contributed by atoms with E-state index in [2.05, 4.69) is 66.7 Å². The number of esters is 1. The summed E-state index contributed by atoms with van der Waals surface area (Å²) in [5, 5.41) is 10.4. The van der Waals surface area contributed by atoms with Gasteiger partial charge in [-0.2, -0.15) is 0 Å². The molecule has 0 heterocycles. The van der Waals surface area contributed by atoms with Crippen molar-refractivity contribution in [3.05, 3.63) is 103 Å². The normalized spacial score (nSPS) is 11.6. The van der Waals surface area contributed by atoms with Gasteiger partial charge in [0, 0.05) is 6.42 Å². The Morgan fingerprint density at radius 1 is 0.594 bits per heavy atom. The highest BCUT2D eigenvalue weighted by Crippen LogP contribution is 2.41. The molecule has 0 saturated carbocycles. The summed E-state index contributed by atoms with van der Waals surface area (Å²) in [4.78, 5) is 12.3. The molecule has 0 radical (unpaired) electrons. The summed E-state index contributed by atoms with van der Waals surface area (Å²) in [5.74, 6) is 0.423. The Morgan fingerprint density at radius 3 is 1.97 bits per heavy atom. The molecule has 0 aliphatic carbocycles. The number of hydrogen-bond acceptors (Lipinski definition) is 2. The molecule has 0 atom stereocenters. The van der Waals surface area contributed by atoms with Crippen molar-refractivity contribution in [2.24, 2.45) is 0 Å². The van der Waals surface area contributed by atoms with E-state index >= 15 is 0 Å². The van der Waals surface area contributed by atoms with E-state index in [4.69, 9.17) is 4.74 Å². The Morgan fingerprint density at radius 2 is 1.22 bits per heavy atom. The Bertz CT molecular complexity index is 1530. The molecule has 0 unspecified atom stereocenters. The number of para-hydroxylation sites is 1. The summed E-state index contributed by atoms with van der Waals surface area (Å²) in [7, 11) is 0. The van der Waals surface area contributed by atoms with E-state index in [9.17, 15) is 4.79 Å². The second-order valence-electron chi connectivity index (χ2n) is 8.35. The maximum atomic E-state index is 12.3. The van der Waals surface area contributed by atoms with Crippen LogP contribution in [-0.2, 0) is 11.2 Å². The van der Waals surface area contributed by atoms with Crippen molar-refractivity contribution in [3.8, 4) is 5.75 Å². The van der Waals surface area contributed by atoms with Crippen molar-refractivity contribution in [3.63, 3.8) is 0 Å². The summed E-state index contributed by atoms with van der Waals surface area (Å²) in [6.07, 6.45) is 2.01. The van der Waals surface area contributed by atoms with Gasteiger partial charge in [-0.1, -0.05) is 84.9 Å². The van der Waals surface area contributed by atoms with Crippen LogP contribution in [0.3, 0.4) is 0 Å². The Labute approximate surface area is 186 Å². The van der Waals surface area contributed by atoms with Crippen LogP contribution in [-0.4, -0.2) is 5.97 Å². The predicted molar refractivity (Wildman–Crippen MR) is 133 cm³/mol. The highest BCUT2D eigenvalue weighted by molar-refractivity contribution is 6.33.